The van der Waals surface area contributed by atoms with Gasteiger partial charge in [0.05, 0.1) is 18.4 Å². The minimum atomic E-state index is -1.49. The highest BCUT2D eigenvalue weighted by Gasteiger charge is 2.51. The maximum atomic E-state index is 16.4. The van der Waals surface area contributed by atoms with Gasteiger partial charge >= 0.3 is 12.1 Å². The van der Waals surface area contributed by atoms with Crippen LogP contribution in [0.1, 0.15) is 141 Å². The molecule has 2 heterocycles. The first-order valence-electron chi connectivity index (χ1n) is 37.9. The number of amides is 8. The summed E-state index contributed by atoms with van der Waals surface area (Å²) in [6.45, 7) is 21.2. The Morgan fingerprint density at radius 3 is 1.58 bits per heavy atom. The Labute approximate surface area is 665 Å². The van der Waals surface area contributed by atoms with Crippen molar-refractivity contribution >= 4 is 87.8 Å². The van der Waals surface area contributed by atoms with Crippen LogP contribution >= 0.6 is 23.5 Å². The number of fused-ring (bicyclic) bond motifs is 1. The van der Waals surface area contributed by atoms with Crippen molar-refractivity contribution in [1.29, 1.82) is 0 Å². The number of hydrogen-bond donors (Lipinski definition) is 9. The highest BCUT2D eigenvalue weighted by Crippen LogP contribution is 2.54. The van der Waals surface area contributed by atoms with E-state index in [-0.39, 0.29) is 44.6 Å². The zero-order chi connectivity index (χ0) is 81.1. The third-order valence-corrected chi connectivity index (χ3v) is 22.5. The Hall–Kier alpha value is -10.6. The molecule has 22 nitrogen and oxygen atoms in total. The van der Waals surface area contributed by atoms with E-state index in [1.807, 2.05) is 188 Å². The summed E-state index contributed by atoms with van der Waals surface area (Å²) in [5.74, 6) is -4.91. The number of thioether (sulfide) groups is 2. The Balaban J connectivity index is 1.03. The SMILES string of the molecule is COc1ccc(CSC(C)(C)[C@@H](NC(=O)[C@H](Cc2ccc(OC(C)(C)C)cc2)NC(=O)OC(C)(C)C)C(=O)NCC(=O)N[C@@H](Cc2ccccc2)C(=O)N[C@H](C(=O)N2CCC[C@H]2C(=O)N[C@@H](CC(C)C)C(=O)N[C@@H](Cc2c[nH]c3ccccc23)C(=O)O)C(C)(C)SC(c2ccccc2)(c2ccccc2)c2ccccc2)cc1. The Bertz CT molecular complexity index is 4420. The molecule has 8 aromatic rings. The fraction of sp³-hybridized carbons (Fsp3) is 0.398. The lowest BCUT2D eigenvalue weighted by molar-refractivity contribution is -0.144. The summed E-state index contributed by atoms with van der Waals surface area (Å²) in [6.07, 6.45) is 1.32. The number of ether oxygens (including phenoxy) is 3. The average molecular weight is 1560 g/mol. The number of H-pyrrole nitrogens is 1. The van der Waals surface area contributed by atoms with E-state index >= 15 is 19.2 Å². The van der Waals surface area contributed by atoms with Gasteiger partial charge in [0, 0.05) is 58.2 Å². The number of carboxylic acid groups (broad SMARTS) is 1. The van der Waals surface area contributed by atoms with Gasteiger partial charge in [-0.15, -0.1) is 23.5 Å². The molecule has 9 N–H and O–H groups in total. The van der Waals surface area contributed by atoms with E-state index < -0.39 is 128 Å². The van der Waals surface area contributed by atoms with E-state index in [0.717, 1.165) is 33.2 Å². The van der Waals surface area contributed by atoms with Gasteiger partial charge in [0.1, 0.15) is 65.0 Å². The van der Waals surface area contributed by atoms with Crippen molar-refractivity contribution in [2.75, 3.05) is 20.2 Å². The molecule has 1 aliphatic heterocycles. The van der Waals surface area contributed by atoms with Crippen molar-refractivity contribution < 1.29 is 62.5 Å². The molecule has 9 rings (SSSR count). The number of nitrogens with zero attached hydrogens (tertiary/aromatic N) is 1. The molecule has 8 amide bonds. The van der Waals surface area contributed by atoms with Crippen molar-refractivity contribution in [3.8, 4) is 11.5 Å². The minimum absolute atomic E-state index is 0.0302. The van der Waals surface area contributed by atoms with Gasteiger partial charge in [-0.3, -0.25) is 33.6 Å². The maximum absolute atomic E-state index is 16.4. The van der Waals surface area contributed by atoms with Crippen molar-refractivity contribution in [3.05, 3.63) is 239 Å². The molecule has 0 saturated carbocycles. The zero-order valence-corrected chi connectivity index (χ0v) is 67.8. The number of carboxylic acids is 1. The number of nitrogens with one attached hydrogen (secondary N) is 8. The maximum Gasteiger partial charge on any atom is 0.408 e. The van der Waals surface area contributed by atoms with E-state index in [2.05, 4.69) is 42.2 Å². The second-order valence-electron chi connectivity index (χ2n) is 31.7. The monoisotopic (exact) mass is 1560 g/mol. The van der Waals surface area contributed by atoms with E-state index in [1.54, 1.807) is 103 Å². The highest BCUT2D eigenvalue weighted by atomic mass is 32.2. The summed E-state index contributed by atoms with van der Waals surface area (Å²) in [6, 6.07) is 51.0. The largest absolute Gasteiger partial charge is 0.497 e. The first-order chi connectivity index (χ1) is 53.1. The summed E-state index contributed by atoms with van der Waals surface area (Å²) < 4.78 is 13.5. The normalized spacial score (nSPS) is 14.9. The number of para-hydroxylation sites is 1. The smallest absolute Gasteiger partial charge is 0.408 e. The van der Waals surface area contributed by atoms with Crippen LogP contribution in [0.5, 0.6) is 11.5 Å². The average Bonchev–Trinajstić information content (AvgIpc) is 0.849. The lowest BCUT2D eigenvalue weighted by Crippen LogP contribution is -2.64. The van der Waals surface area contributed by atoms with Crippen LogP contribution in [0.25, 0.3) is 10.9 Å². The quantitative estimate of drug-likeness (QED) is 0.0167. The van der Waals surface area contributed by atoms with Crippen molar-refractivity contribution in [2.24, 2.45) is 5.92 Å². The number of methoxy groups -OCH3 is 1. The molecule has 1 aliphatic rings. The molecule has 7 aromatic carbocycles. The second-order valence-corrected chi connectivity index (χ2v) is 35.2. The van der Waals surface area contributed by atoms with Gasteiger partial charge in [-0.1, -0.05) is 178 Å². The number of aromatic nitrogens is 1. The van der Waals surface area contributed by atoms with E-state index in [0.29, 0.717) is 40.4 Å². The molecular weight excluding hydrogens is 1460 g/mol. The van der Waals surface area contributed by atoms with Gasteiger partial charge in [0.15, 0.2) is 0 Å². The van der Waals surface area contributed by atoms with Crippen molar-refractivity contribution in [3.63, 3.8) is 0 Å². The van der Waals surface area contributed by atoms with Crippen LogP contribution in [-0.2, 0) is 72.9 Å². The first kappa shape index (κ1) is 85.4. The van der Waals surface area contributed by atoms with E-state index in [1.165, 1.54) is 28.4 Å². The van der Waals surface area contributed by atoms with Gasteiger partial charge in [-0.25, -0.2) is 9.59 Å². The molecule has 0 aliphatic carbocycles. The van der Waals surface area contributed by atoms with Gasteiger partial charge in [0.25, 0.3) is 0 Å². The summed E-state index contributed by atoms with van der Waals surface area (Å²) in [5, 5.41) is 31.4. The number of carbonyl (C=O) groups excluding carboxylic acids is 8. The van der Waals surface area contributed by atoms with E-state index in [9.17, 15) is 29.1 Å². The van der Waals surface area contributed by atoms with Crippen LogP contribution < -0.4 is 46.7 Å². The summed E-state index contributed by atoms with van der Waals surface area (Å²) in [7, 11) is 1.57. The van der Waals surface area contributed by atoms with Gasteiger partial charge in [-0.2, -0.15) is 0 Å². The molecule has 1 fully saturated rings. The van der Waals surface area contributed by atoms with Crippen LogP contribution in [0.4, 0.5) is 4.79 Å². The van der Waals surface area contributed by atoms with Gasteiger partial charge < -0.3 is 66.4 Å². The topological polar surface area (TPSA) is 305 Å². The molecule has 1 aromatic heterocycles. The standard InChI is InChI=1S/C88H107N9O13S2/c1-56(2)49-68(76(99)93-71(82(105)106)52-60-53-89-67-38-27-26-37-66(60)67)92-79(102)72-39-28-48-97(72)81(104)75(87(11,12)112-88(61-31-20-15-21-32-61,62-33-22-16-23-34-62)63-35-24-17-25-36-63)96-77(100)69(50-57-29-18-14-19-30-57)91-73(98)54-90-80(103)74(86(9,10)111-55-59-42-44-64(108-13)45-43-59)95-78(101)70(94-83(107)110-85(6,7)8)51-58-40-46-65(47-41-58)109-84(3,4)5/h14-27,29-38,40-47,53,56,68-72,74-75,89H,28,39,48-52,54-55H2,1-13H3,(H,90,103)(H,91,98)(H,92,102)(H,93,99)(H,94,107)(H,95,101)(H,96,100)(H,105,106)/t68-,69-,70-,71-,72-,74-,75+/m0/s1. The Morgan fingerprint density at radius 2 is 1.04 bits per heavy atom. The van der Waals surface area contributed by atoms with Crippen LogP contribution in [-0.4, -0.2) is 152 Å². The molecule has 0 radical (unpaired) electrons. The zero-order valence-electron chi connectivity index (χ0n) is 66.1. The van der Waals surface area contributed by atoms with Crippen molar-refractivity contribution in [1.82, 2.24) is 47.1 Å². The highest BCUT2D eigenvalue weighted by molar-refractivity contribution is 8.02. The first-order valence-corrected chi connectivity index (χ1v) is 39.7. The van der Waals surface area contributed by atoms with Crippen molar-refractivity contribution in [2.45, 2.75) is 195 Å². The number of hydrogen-bond acceptors (Lipinski definition) is 14. The fourth-order valence-corrected chi connectivity index (χ4v) is 16.6. The fourth-order valence-electron chi connectivity index (χ4n) is 13.7. The number of aromatic amines is 1. The molecule has 24 heteroatoms. The number of aliphatic carboxylic acids is 1. The van der Waals surface area contributed by atoms with Gasteiger partial charge in [-0.05, 0) is 164 Å². The Kier molecular flexibility index (Phi) is 29.0. The lowest BCUT2D eigenvalue weighted by atomic mass is 9.84. The second kappa shape index (κ2) is 38.1. The summed E-state index contributed by atoms with van der Waals surface area (Å²) >= 11 is 2.78. The molecule has 0 bridgehead atoms. The van der Waals surface area contributed by atoms with Crippen LogP contribution in [0.2, 0.25) is 0 Å². The van der Waals surface area contributed by atoms with Crippen LogP contribution in [0, 0.1) is 5.92 Å². The van der Waals surface area contributed by atoms with Crippen LogP contribution in [0.3, 0.4) is 0 Å². The molecule has 7 atom stereocenters. The molecule has 0 unspecified atom stereocenters. The summed E-state index contributed by atoms with van der Waals surface area (Å²) in [4.78, 5) is 138. The predicted octanol–water partition coefficient (Wildman–Crippen LogP) is 12.2. The number of alkyl carbamates (subject to hydrolysis) is 1. The third-order valence-electron chi connectivity index (χ3n) is 19.2. The molecule has 594 valence electrons. The molecule has 0 spiro atoms. The number of likely N-dealkylation sites (tertiary alicyclic amines) is 1. The van der Waals surface area contributed by atoms with E-state index in [4.69, 9.17) is 14.2 Å². The molecular formula is C88H107N9O13S2. The van der Waals surface area contributed by atoms with Gasteiger partial charge in [0.2, 0.25) is 41.4 Å². The molecule has 112 heavy (non-hydrogen) atoms. The predicted molar refractivity (Wildman–Crippen MR) is 440 cm³/mol. The third kappa shape index (κ3) is 23.5. The number of benzene rings is 7. The summed E-state index contributed by atoms with van der Waals surface area (Å²) in [5.41, 5.74) is 4.77. The Morgan fingerprint density at radius 1 is 0.527 bits per heavy atom. The lowest BCUT2D eigenvalue weighted by Gasteiger charge is -2.45. The molecule has 1 saturated heterocycles. The minimum Gasteiger partial charge on any atom is -0.497 e. The van der Waals surface area contributed by atoms with Crippen LogP contribution in [0.15, 0.2) is 200 Å². The number of carbonyl (C=O) groups is 9. The number of rotatable bonds is 35.